The van der Waals surface area contributed by atoms with Crippen LogP contribution in [0.3, 0.4) is 0 Å². The molecule has 0 aliphatic carbocycles. The van der Waals surface area contributed by atoms with Gasteiger partial charge in [-0.1, -0.05) is 20.8 Å². The van der Waals surface area contributed by atoms with Gasteiger partial charge in [0.2, 0.25) is 0 Å². The highest BCUT2D eigenvalue weighted by Gasteiger charge is 2.16. The molecule has 0 amide bonds. The number of halogens is 1. The topological polar surface area (TPSA) is 39.2 Å². The van der Waals surface area contributed by atoms with Crippen LogP contribution in [0, 0.1) is 5.41 Å². The van der Waals surface area contributed by atoms with Crippen molar-refractivity contribution in [3.63, 3.8) is 0 Å². The molecule has 1 aromatic rings. The van der Waals surface area contributed by atoms with Gasteiger partial charge in [-0.3, -0.25) is 0 Å². The van der Waals surface area contributed by atoms with Gasteiger partial charge in [0, 0.05) is 11.6 Å². The largest absolute Gasteiger partial charge is 0.453 e. The maximum Gasteiger partial charge on any atom is 0.197 e. The Hall–Kier alpha value is -0.470. The van der Waals surface area contributed by atoms with Crippen LogP contribution < -0.4 is 5.73 Å². The lowest BCUT2D eigenvalue weighted by Crippen LogP contribution is -2.14. The summed E-state index contributed by atoms with van der Waals surface area (Å²) in [7, 11) is 0. The summed E-state index contributed by atoms with van der Waals surface area (Å²) in [6.07, 6.45) is 3.59. The predicted molar refractivity (Wildman–Crippen MR) is 59.3 cm³/mol. The second kappa shape index (κ2) is 4.37. The Balaban J connectivity index is 2.51. The maximum absolute atomic E-state index is 6.00. The highest BCUT2D eigenvalue weighted by atomic mass is 35.5. The van der Waals surface area contributed by atoms with E-state index in [1.165, 1.54) is 0 Å². The molecule has 14 heavy (non-hydrogen) atoms. The summed E-state index contributed by atoms with van der Waals surface area (Å²) in [5.41, 5.74) is 7.23. The Kier molecular flexibility index (Phi) is 3.62. The number of hydrogen-bond acceptors (Lipinski definition) is 2. The molecule has 0 saturated heterocycles. The van der Waals surface area contributed by atoms with Crippen molar-refractivity contribution in [1.29, 1.82) is 0 Å². The van der Waals surface area contributed by atoms with Gasteiger partial charge >= 0.3 is 0 Å². The quantitative estimate of drug-likeness (QED) is 0.834. The van der Waals surface area contributed by atoms with E-state index >= 15 is 0 Å². The molecule has 80 valence electrons. The Morgan fingerprint density at radius 1 is 1.50 bits per heavy atom. The summed E-state index contributed by atoms with van der Waals surface area (Å²) >= 11 is 5.84. The van der Waals surface area contributed by atoms with Crippen molar-refractivity contribution in [3.05, 3.63) is 23.1 Å². The van der Waals surface area contributed by atoms with E-state index in [2.05, 4.69) is 20.8 Å². The normalized spacial score (nSPS) is 14.4. The highest BCUT2D eigenvalue weighted by Crippen LogP contribution is 2.29. The molecule has 0 radical (unpaired) electrons. The van der Waals surface area contributed by atoms with Gasteiger partial charge in [0.25, 0.3) is 0 Å². The van der Waals surface area contributed by atoms with Gasteiger partial charge < -0.3 is 10.2 Å². The third-order valence-electron chi connectivity index (χ3n) is 2.25. The first-order valence-electron chi connectivity index (χ1n) is 4.88. The smallest absolute Gasteiger partial charge is 0.197 e. The highest BCUT2D eigenvalue weighted by molar-refractivity contribution is 6.29. The van der Waals surface area contributed by atoms with Crippen molar-refractivity contribution in [2.45, 2.75) is 39.7 Å². The molecule has 0 spiro atoms. The molecule has 2 nitrogen and oxygen atoms in total. The number of rotatable bonds is 3. The van der Waals surface area contributed by atoms with Crippen LogP contribution in [0.2, 0.25) is 5.22 Å². The first kappa shape index (κ1) is 11.6. The number of nitrogens with two attached hydrogens (primary N) is 1. The molecule has 1 atom stereocenters. The van der Waals surface area contributed by atoms with Gasteiger partial charge in [-0.2, -0.15) is 0 Å². The van der Waals surface area contributed by atoms with Crippen LogP contribution >= 0.6 is 11.6 Å². The minimum Gasteiger partial charge on any atom is -0.453 e. The lowest BCUT2D eigenvalue weighted by molar-refractivity contribution is 0.349. The summed E-state index contributed by atoms with van der Waals surface area (Å²) in [6, 6.07) is 1.83. The van der Waals surface area contributed by atoms with Crippen LogP contribution in [0.15, 0.2) is 16.7 Å². The zero-order chi connectivity index (χ0) is 10.8. The molecular weight excluding hydrogens is 198 g/mol. The van der Waals surface area contributed by atoms with Gasteiger partial charge in [-0.15, -0.1) is 0 Å². The van der Waals surface area contributed by atoms with E-state index < -0.39 is 0 Å². The minimum atomic E-state index is -0.0134. The Bertz CT molecular complexity index is 288. The van der Waals surface area contributed by atoms with Crippen LogP contribution in [0.4, 0.5) is 0 Å². The molecule has 1 rings (SSSR count). The molecule has 0 aromatic carbocycles. The molecule has 1 aromatic heterocycles. The van der Waals surface area contributed by atoms with E-state index in [0.717, 1.165) is 18.4 Å². The summed E-state index contributed by atoms with van der Waals surface area (Å²) in [5, 5.41) is 0.423. The summed E-state index contributed by atoms with van der Waals surface area (Å²) < 4.78 is 5.00. The monoisotopic (exact) mass is 215 g/mol. The van der Waals surface area contributed by atoms with E-state index in [0.29, 0.717) is 10.6 Å². The molecule has 0 aliphatic rings. The maximum atomic E-state index is 6.00. The lowest BCUT2D eigenvalue weighted by atomic mass is 9.88. The fourth-order valence-electron chi connectivity index (χ4n) is 1.31. The van der Waals surface area contributed by atoms with Crippen LogP contribution in [-0.2, 0) is 0 Å². The van der Waals surface area contributed by atoms with Crippen molar-refractivity contribution in [2.75, 3.05) is 0 Å². The standard InChI is InChI=1S/C11H18ClNO/c1-11(2,3)6-4-9(13)8-5-7-14-10(8)12/h5,7,9H,4,6,13H2,1-3H3. The summed E-state index contributed by atoms with van der Waals surface area (Å²) in [6.45, 7) is 6.62. The summed E-state index contributed by atoms with van der Waals surface area (Å²) in [5.74, 6) is 0. The molecule has 0 bridgehead atoms. The molecule has 1 heterocycles. The number of hydrogen-bond donors (Lipinski definition) is 1. The van der Waals surface area contributed by atoms with Crippen molar-refractivity contribution < 1.29 is 4.42 Å². The first-order chi connectivity index (χ1) is 6.40. The van der Waals surface area contributed by atoms with E-state index in [9.17, 15) is 0 Å². The zero-order valence-electron chi connectivity index (χ0n) is 9.01. The Morgan fingerprint density at radius 2 is 2.14 bits per heavy atom. The Labute approximate surface area is 90.4 Å². The van der Waals surface area contributed by atoms with Gasteiger partial charge in [0.1, 0.15) is 0 Å². The van der Waals surface area contributed by atoms with Crippen LogP contribution in [0.5, 0.6) is 0 Å². The van der Waals surface area contributed by atoms with E-state index in [1.807, 2.05) is 6.07 Å². The fraction of sp³-hybridized carbons (Fsp3) is 0.636. The summed E-state index contributed by atoms with van der Waals surface area (Å²) in [4.78, 5) is 0. The van der Waals surface area contributed by atoms with Gasteiger partial charge in [-0.25, -0.2) is 0 Å². The van der Waals surface area contributed by atoms with E-state index in [4.69, 9.17) is 21.8 Å². The van der Waals surface area contributed by atoms with Crippen molar-refractivity contribution in [1.82, 2.24) is 0 Å². The Morgan fingerprint density at radius 3 is 2.57 bits per heavy atom. The lowest BCUT2D eigenvalue weighted by Gasteiger charge is -2.20. The van der Waals surface area contributed by atoms with Crippen molar-refractivity contribution >= 4 is 11.6 Å². The molecule has 0 saturated carbocycles. The molecule has 0 aliphatic heterocycles. The van der Waals surface area contributed by atoms with E-state index in [1.54, 1.807) is 6.26 Å². The molecular formula is C11H18ClNO. The SMILES string of the molecule is CC(C)(C)CCC(N)c1ccoc1Cl. The third-order valence-corrected chi connectivity index (χ3v) is 2.56. The van der Waals surface area contributed by atoms with Gasteiger partial charge in [-0.05, 0) is 35.9 Å². The van der Waals surface area contributed by atoms with Crippen LogP contribution in [0.25, 0.3) is 0 Å². The van der Waals surface area contributed by atoms with Crippen molar-refractivity contribution in [3.8, 4) is 0 Å². The minimum absolute atomic E-state index is 0.0134. The average molecular weight is 216 g/mol. The first-order valence-corrected chi connectivity index (χ1v) is 5.26. The van der Waals surface area contributed by atoms with Crippen LogP contribution in [-0.4, -0.2) is 0 Å². The average Bonchev–Trinajstić information content (AvgIpc) is 2.46. The molecule has 3 heteroatoms. The molecule has 0 fully saturated rings. The molecule has 1 unspecified atom stereocenters. The van der Waals surface area contributed by atoms with Crippen LogP contribution in [0.1, 0.15) is 45.2 Å². The second-order valence-corrected chi connectivity index (χ2v) is 5.20. The number of furan rings is 1. The zero-order valence-corrected chi connectivity index (χ0v) is 9.77. The third kappa shape index (κ3) is 3.35. The van der Waals surface area contributed by atoms with E-state index in [-0.39, 0.29) is 6.04 Å². The molecule has 2 N–H and O–H groups in total. The second-order valence-electron chi connectivity index (χ2n) is 4.86. The van der Waals surface area contributed by atoms with Gasteiger partial charge in [0.05, 0.1) is 6.26 Å². The van der Waals surface area contributed by atoms with Crippen molar-refractivity contribution in [2.24, 2.45) is 11.1 Å². The van der Waals surface area contributed by atoms with Gasteiger partial charge in [0.15, 0.2) is 5.22 Å². The predicted octanol–water partition coefficient (Wildman–Crippen LogP) is 3.76. The fourth-order valence-corrected chi connectivity index (χ4v) is 1.57.